The third-order valence-corrected chi connectivity index (χ3v) is 9.46. The lowest BCUT2D eigenvalue weighted by atomic mass is 9.90. The summed E-state index contributed by atoms with van der Waals surface area (Å²) in [6.07, 6.45) is 13.1. The van der Waals surface area contributed by atoms with Gasteiger partial charge in [0.25, 0.3) is 5.91 Å². The Balaban J connectivity index is 1.02. The number of rotatable bonds is 5. The summed E-state index contributed by atoms with van der Waals surface area (Å²) in [5, 5.41) is 9.91. The fourth-order valence-electron chi connectivity index (χ4n) is 6.93. The molecule has 2 aromatic heterocycles. The number of aliphatic imine (C=N–C) groups is 1. The first-order valence-corrected chi connectivity index (χ1v) is 16.1. The molecule has 1 saturated heterocycles. The van der Waals surface area contributed by atoms with Crippen LogP contribution in [0.15, 0.2) is 59.9 Å². The number of H-pyrrole nitrogens is 1. The van der Waals surface area contributed by atoms with Gasteiger partial charge in [-0.2, -0.15) is 0 Å². The van der Waals surface area contributed by atoms with Crippen LogP contribution in [0.3, 0.4) is 0 Å². The van der Waals surface area contributed by atoms with Gasteiger partial charge in [-0.1, -0.05) is 19.1 Å². The number of halogens is 1. The largest absolute Gasteiger partial charge is 0.505 e. The van der Waals surface area contributed by atoms with E-state index in [-0.39, 0.29) is 11.7 Å². The summed E-state index contributed by atoms with van der Waals surface area (Å²) in [6.45, 7) is 4.95. The minimum absolute atomic E-state index is 0.127. The predicted molar refractivity (Wildman–Crippen MR) is 176 cm³/mol. The second-order valence-corrected chi connectivity index (χ2v) is 12.3. The minimum Gasteiger partial charge on any atom is -0.505 e. The second kappa shape index (κ2) is 11.3. The van der Waals surface area contributed by atoms with E-state index < -0.39 is 5.82 Å². The Morgan fingerprint density at radius 3 is 2.72 bits per heavy atom. The number of carbonyl (C=O) groups is 1. The maximum absolute atomic E-state index is 14.4. The van der Waals surface area contributed by atoms with E-state index in [1.54, 1.807) is 17.3 Å². The first-order valence-electron chi connectivity index (χ1n) is 16.1. The van der Waals surface area contributed by atoms with Gasteiger partial charge in [-0.05, 0) is 72.7 Å². The van der Waals surface area contributed by atoms with Crippen LogP contribution >= 0.6 is 0 Å². The summed E-state index contributed by atoms with van der Waals surface area (Å²) >= 11 is 0. The number of aromatic amines is 1. The SMILES string of the molecule is CCc1cc(O)c(F)cc1-c1ccc2c(c1)C1=CC(c3nc4c([nH]3)CN(C(=O)c3cnc(N5CCCCC5)cn3)CC4)=CCC1=N2. The van der Waals surface area contributed by atoms with Gasteiger partial charge in [0.1, 0.15) is 17.3 Å². The van der Waals surface area contributed by atoms with Gasteiger partial charge in [0.2, 0.25) is 0 Å². The molecule has 4 aromatic rings. The lowest BCUT2D eigenvalue weighted by Crippen LogP contribution is -2.36. The molecule has 4 aliphatic rings. The third-order valence-electron chi connectivity index (χ3n) is 9.46. The molecule has 0 radical (unpaired) electrons. The van der Waals surface area contributed by atoms with Gasteiger partial charge < -0.3 is 19.9 Å². The number of hydrogen-bond acceptors (Lipinski definition) is 7. The van der Waals surface area contributed by atoms with Crippen molar-refractivity contribution in [2.45, 2.75) is 52.0 Å². The number of piperidine rings is 1. The van der Waals surface area contributed by atoms with Crippen LogP contribution in [0.25, 0.3) is 22.3 Å². The molecular weight excluding hydrogens is 581 g/mol. The third kappa shape index (κ3) is 4.98. The number of allylic oxidation sites excluding steroid dienone is 4. The van der Waals surface area contributed by atoms with Crippen LogP contribution in [-0.2, 0) is 19.4 Å². The Kier molecular flexibility index (Phi) is 7.00. The summed E-state index contributed by atoms with van der Waals surface area (Å²) < 4.78 is 14.4. The summed E-state index contributed by atoms with van der Waals surface area (Å²) in [7, 11) is 0. The number of imidazole rings is 1. The Morgan fingerprint density at radius 1 is 1.04 bits per heavy atom. The van der Waals surface area contributed by atoms with Crippen molar-refractivity contribution in [3.05, 3.63) is 94.7 Å². The van der Waals surface area contributed by atoms with Crippen molar-refractivity contribution >= 4 is 34.3 Å². The number of hydrogen-bond donors (Lipinski definition) is 2. The van der Waals surface area contributed by atoms with Crippen molar-refractivity contribution in [2.24, 2.45) is 4.99 Å². The lowest BCUT2D eigenvalue weighted by molar-refractivity contribution is 0.0725. The van der Waals surface area contributed by atoms with Gasteiger partial charge in [-0.3, -0.25) is 9.79 Å². The fourth-order valence-corrected chi connectivity index (χ4v) is 6.93. The topological polar surface area (TPSA) is 111 Å². The average molecular weight is 616 g/mol. The zero-order valence-electron chi connectivity index (χ0n) is 25.7. The molecule has 8 rings (SSSR count). The van der Waals surface area contributed by atoms with Gasteiger partial charge in [-0.15, -0.1) is 0 Å². The number of nitrogens with one attached hydrogen (secondary N) is 1. The number of nitrogens with zero attached hydrogens (tertiary/aromatic N) is 6. The molecule has 1 amide bonds. The van der Waals surface area contributed by atoms with Crippen molar-refractivity contribution < 1.29 is 14.3 Å². The van der Waals surface area contributed by atoms with Crippen molar-refractivity contribution in [3.8, 4) is 16.9 Å². The van der Waals surface area contributed by atoms with E-state index in [9.17, 15) is 14.3 Å². The van der Waals surface area contributed by atoms with Crippen LogP contribution in [0.4, 0.5) is 15.9 Å². The summed E-state index contributed by atoms with van der Waals surface area (Å²) in [5.74, 6) is 0.515. The number of carbonyl (C=O) groups excluding carboxylic acids is 1. The molecule has 1 aliphatic carbocycles. The molecule has 10 heteroatoms. The Labute approximate surface area is 266 Å². The molecule has 3 aliphatic heterocycles. The van der Waals surface area contributed by atoms with E-state index in [2.05, 4.69) is 38.1 Å². The highest BCUT2D eigenvalue weighted by Gasteiger charge is 2.29. The number of aryl methyl sites for hydroxylation is 1. The second-order valence-electron chi connectivity index (χ2n) is 12.3. The highest BCUT2D eigenvalue weighted by molar-refractivity contribution is 6.32. The summed E-state index contributed by atoms with van der Waals surface area (Å²) in [5.41, 5.74) is 9.67. The number of amides is 1. The molecule has 2 N–H and O–H groups in total. The van der Waals surface area contributed by atoms with Gasteiger partial charge in [0, 0.05) is 49.2 Å². The van der Waals surface area contributed by atoms with Crippen LogP contribution in [0.2, 0.25) is 0 Å². The standard InChI is InChI=1S/C36H34FN7O2/c1-2-21-16-33(45)27(37)17-24(21)22-6-8-28-25(14-22)26-15-23(7-9-29(26)40-28)35-41-30-10-13-44(20-32(30)42-35)36(46)31-18-39-34(19-38-31)43-11-4-3-5-12-43/h6-8,14-19,45H,2-5,9-13,20H2,1H3,(H,41,42). The number of phenolic OH excluding ortho intramolecular Hbond substituents is 1. The Morgan fingerprint density at radius 2 is 1.91 bits per heavy atom. The molecular formula is C36H34FN7O2. The Hall–Kier alpha value is -5.12. The first-order chi connectivity index (χ1) is 22.4. The molecule has 0 unspecified atom stereocenters. The molecule has 0 bridgehead atoms. The van der Waals surface area contributed by atoms with Gasteiger partial charge in [-0.25, -0.2) is 19.3 Å². The summed E-state index contributed by atoms with van der Waals surface area (Å²) in [4.78, 5) is 39.7. The molecule has 232 valence electrons. The van der Waals surface area contributed by atoms with Crippen LogP contribution in [0.5, 0.6) is 5.75 Å². The monoisotopic (exact) mass is 615 g/mol. The molecule has 9 nitrogen and oxygen atoms in total. The van der Waals surface area contributed by atoms with Crippen molar-refractivity contribution in [1.29, 1.82) is 0 Å². The number of benzene rings is 2. The van der Waals surface area contributed by atoms with E-state index in [1.165, 1.54) is 18.6 Å². The van der Waals surface area contributed by atoms with Gasteiger partial charge in [0.15, 0.2) is 11.6 Å². The smallest absolute Gasteiger partial charge is 0.274 e. The highest BCUT2D eigenvalue weighted by atomic mass is 19.1. The fraction of sp³-hybridized carbons (Fsp3) is 0.306. The van der Waals surface area contributed by atoms with Crippen LogP contribution in [0.1, 0.15) is 71.4 Å². The maximum Gasteiger partial charge on any atom is 0.274 e. The molecule has 2 aromatic carbocycles. The zero-order chi connectivity index (χ0) is 31.4. The number of anilines is 1. The first kappa shape index (κ1) is 28.4. The molecule has 5 heterocycles. The molecule has 0 atom stereocenters. The summed E-state index contributed by atoms with van der Waals surface area (Å²) in [6, 6.07) is 8.91. The van der Waals surface area contributed by atoms with Crippen LogP contribution < -0.4 is 4.90 Å². The number of aromatic nitrogens is 4. The quantitative estimate of drug-likeness (QED) is 0.268. The molecule has 0 saturated carbocycles. The number of fused-ring (bicyclic) bond motifs is 4. The van der Waals surface area contributed by atoms with Crippen molar-refractivity contribution in [3.63, 3.8) is 0 Å². The van der Waals surface area contributed by atoms with Gasteiger partial charge in [0.05, 0.1) is 41.7 Å². The molecule has 0 spiro atoms. The van der Waals surface area contributed by atoms with Gasteiger partial charge >= 0.3 is 0 Å². The molecule has 1 fully saturated rings. The van der Waals surface area contributed by atoms with Crippen molar-refractivity contribution in [2.75, 3.05) is 24.5 Å². The average Bonchev–Trinajstić information content (AvgIpc) is 3.70. The van der Waals surface area contributed by atoms with Crippen LogP contribution in [-0.4, -0.2) is 61.2 Å². The van der Waals surface area contributed by atoms with E-state index in [0.717, 1.165) is 93.8 Å². The predicted octanol–water partition coefficient (Wildman–Crippen LogP) is 6.42. The Bertz CT molecular complexity index is 1970. The van der Waals surface area contributed by atoms with E-state index >= 15 is 0 Å². The minimum atomic E-state index is -0.632. The zero-order valence-corrected chi connectivity index (χ0v) is 25.7. The number of phenols is 1. The van der Waals surface area contributed by atoms with E-state index in [4.69, 9.17) is 9.98 Å². The normalized spacial score (nSPS) is 17.1. The highest BCUT2D eigenvalue weighted by Crippen LogP contribution is 2.43. The van der Waals surface area contributed by atoms with E-state index in [0.29, 0.717) is 38.0 Å². The van der Waals surface area contributed by atoms with Crippen molar-refractivity contribution in [1.82, 2.24) is 24.8 Å². The van der Waals surface area contributed by atoms with E-state index in [1.807, 2.05) is 19.1 Å². The maximum atomic E-state index is 14.4. The molecule has 46 heavy (non-hydrogen) atoms. The lowest BCUT2D eigenvalue weighted by Gasteiger charge is -2.28. The number of aromatic hydroxyl groups is 1. The van der Waals surface area contributed by atoms with Crippen LogP contribution in [0, 0.1) is 5.82 Å².